The van der Waals surface area contributed by atoms with E-state index in [4.69, 9.17) is 10.00 Å². The predicted molar refractivity (Wildman–Crippen MR) is 73.7 cm³/mol. The van der Waals surface area contributed by atoms with Gasteiger partial charge >= 0.3 is 0 Å². The van der Waals surface area contributed by atoms with Crippen LogP contribution in [-0.2, 0) is 0 Å². The molecule has 0 spiro atoms. The maximum Gasteiger partial charge on any atom is 0.137 e. The van der Waals surface area contributed by atoms with Gasteiger partial charge in [-0.1, -0.05) is 25.5 Å². The Bertz CT molecular complexity index is 398. The fraction of sp³-hybridized carbons (Fsp3) is 0.533. The van der Waals surface area contributed by atoms with Gasteiger partial charge in [-0.05, 0) is 32.5 Å². The largest absolute Gasteiger partial charge is 0.491 e. The fourth-order valence-electron chi connectivity index (χ4n) is 1.84. The monoisotopic (exact) mass is 246 g/mol. The molecule has 0 aliphatic carbocycles. The number of hydrogen-bond acceptors (Lipinski definition) is 3. The van der Waals surface area contributed by atoms with E-state index in [0.29, 0.717) is 24.0 Å². The van der Waals surface area contributed by atoms with E-state index in [1.54, 1.807) is 6.07 Å². The molecular weight excluding hydrogens is 224 g/mol. The van der Waals surface area contributed by atoms with Crippen molar-refractivity contribution < 1.29 is 4.74 Å². The van der Waals surface area contributed by atoms with Gasteiger partial charge in [0.2, 0.25) is 0 Å². The van der Waals surface area contributed by atoms with E-state index in [2.05, 4.69) is 31.9 Å². The maximum absolute atomic E-state index is 8.94. The van der Waals surface area contributed by atoms with Crippen molar-refractivity contribution in [3.05, 3.63) is 29.8 Å². The summed E-state index contributed by atoms with van der Waals surface area (Å²) in [5.41, 5.74) is 0.599. The predicted octanol–water partition coefficient (Wildman–Crippen LogP) is 3.06. The third kappa shape index (κ3) is 4.38. The minimum atomic E-state index is 0.574. The Morgan fingerprint density at radius 2 is 2.11 bits per heavy atom. The summed E-state index contributed by atoms with van der Waals surface area (Å²) in [6.07, 6.45) is 2.40. The molecule has 0 saturated carbocycles. The summed E-state index contributed by atoms with van der Waals surface area (Å²) in [5.74, 6) is 0.677. The second-order valence-corrected chi connectivity index (χ2v) is 4.57. The summed E-state index contributed by atoms with van der Waals surface area (Å²) >= 11 is 0. The number of benzene rings is 1. The van der Waals surface area contributed by atoms with Crippen LogP contribution >= 0.6 is 0 Å². The summed E-state index contributed by atoms with van der Waals surface area (Å²) in [5, 5.41) is 8.94. The summed E-state index contributed by atoms with van der Waals surface area (Å²) in [6, 6.07) is 10.1. The van der Waals surface area contributed by atoms with Crippen molar-refractivity contribution in [3.63, 3.8) is 0 Å². The zero-order valence-corrected chi connectivity index (χ0v) is 11.5. The summed E-state index contributed by atoms with van der Waals surface area (Å²) in [4.78, 5) is 2.29. The van der Waals surface area contributed by atoms with Crippen LogP contribution in [0, 0.1) is 11.3 Å². The van der Waals surface area contributed by atoms with Crippen molar-refractivity contribution in [2.45, 2.75) is 32.7 Å². The minimum absolute atomic E-state index is 0.574. The Hall–Kier alpha value is -1.53. The number of hydrogen-bond donors (Lipinski definition) is 0. The van der Waals surface area contributed by atoms with Crippen LogP contribution in [0.2, 0.25) is 0 Å². The smallest absolute Gasteiger partial charge is 0.137 e. The van der Waals surface area contributed by atoms with Gasteiger partial charge in [0.05, 0.1) is 5.56 Å². The molecule has 0 saturated heterocycles. The first kappa shape index (κ1) is 14.5. The molecule has 0 bridgehead atoms. The molecule has 1 atom stereocenters. The lowest BCUT2D eigenvalue weighted by atomic mass is 10.2. The van der Waals surface area contributed by atoms with Gasteiger partial charge in [-0.3, -0.25) is 0 Å². The molecule has 18 heavy (non-hydrogen) atoms. The fourth-order valence-corrected chi connectivity index (χ4v) is 1.84. The third-order valence-electron chi connectivity index (χ3n) is 3.17. The molecular formula is C15H22N2O. The number of nitrogens with zero attached hydrogens (tertiary/aromatic N) is 2. The van der Waals surface area contributed by atoms with Crippen molar-refractivity contribution in [3.8, 4) is 11.8 Å². The van der Waals surface area contributed by atoms with Crippen molar-refractivity contribution in [1.82, 2.24) is 4.90 Å². The van der Waals surface area contributed by atoms with Crippen LogP contribution < -0.4 is 4.74 Å². The minimum Gasteiger partial charge on any atom is -0.491 e. The Balaban J connectivity index is 2.40. The Morgan fingerprint density at radius 1 is 1.39 bits per heavy atom. The molecule has 1 aromatic carbocycles. The highest BCUT2D eigenvalue weighted by molar-refractivity contribution is 5.42. The Morgan fingerprint density at radius 3 is 2.78 bits per heavy atom. The van der Waals surface area contributed by atoms with Crippen molar-refractivity contribution >= 4 is 0 Å². The highest BCUT2D eigenvalue weighted by Gasteiger charge is 2.08. The van der Waals surface area contributed by atoms with Gasteiger partial charge in [-0.2, -0.15) is 5.26 Å². The van der Waals surface area contributed by atoms with E-state index in [1.807, 2.05) is 18.2 Å². The molecule has 0 amide bonds. The molecule has 0 aliphatic heterocycles. The van der Waals surface area contributed by atoms with Crippen LogP contribution in [0.25, 0.3) is 0 Å². The van der Waals surface area contributed by atoms with Gasteiger partial charge < -0.3 is 9.64 Å². The van der Waals surface area contributed by atoms with Crippen molar-refractivity contribution in [2.24, 2.45) is 0 Å². The molecule has 1 aromatic rings. The van der Waals surface area contributed by atoms with Gasteiger partial charge in [0.25, 0.3) is 0 Å². The van der Waals surface area contributed by atoms with Gasteiger partial charge in [0, 0.05) is 12.6 Å². The zero-order valence-electron chi connectivity index (χ0n) is 11.5. The first-order valence-electron chi connectivity index (χ1n) is 6.51. The molecule has 0 N–H and O–H groups in total. The second kappa shape index (κ2) is 7.73. The van der Waals surface area contributed by atoms with Gasteiger partial charge in [0.15, 0.2) is 0 Å². The highest BCUT2D eigenvalue weighted by atomic mass is 16.5. The van der Waals surface area contributed by atoms with E-state index in [-0.39, 0.29) is 0 Å². The molecule has 0 aliphatic rings. The lowest BCUT2D eigenvalue weighted by Gasteiger charge is -2.24. The van der Waals surface area contributed by atoms with Crippen LogP contribution in [0.1, 0.15) is 32.3 Å². The number of likely N-dealkylation sites (N-methyl/N-ethyl adjacent to an activating group) is 1. The third-order valence-corrected chi connectivity index (χ3v) is 3.17. The molecule has 1 unspecified atom stereocenters. The van der Waals surface area contributed by atoms with Crippen LogP contribution in [0.4, 0.5) is 0 Å². The topological polar surface area (TPSA) is 36.3 Å². The van der Waals surface area contributed by atoms with Crippen molar-refractivity contribution in [1.29, 1.82) is 5.26 Å². The highest BCUT2D eigenvalue weighted by Crippen LogP contribution is 2.16. The summed E-state index contributed by atoms with van der Waals surface area (Å²) < 4.78 is 5.66. The van der Waals surface area contributed by atoms with E-state index in [1.165, 1.54) is 12.8 Å². The number of para-hydroxylation sites is 1. The normalized spacial score (nSPS) is 12.2. The first-order chi connectivity index (χ1) is 8.69. The quantitative estimate of drug-likeness (QED) is 0.742. The number of nitriles is 1. The van der Waals surface area contributed by atoms with E-state index in [0.717, 1.165) is 6.54 Å². The van der Waals surface area contributed by atoms with Gasteiger partial charge in [-0.25, -0.2) is 0 Å². The molecule has 0 aromatic heterocycles. The Kier molecular flexibility index (Phi) is 6.24. The first-order valence-corrected chi connectivity index (χ1v) is 6.51. The van der Waals surface area contributed by atoms with E-state index in [9.17, 15) is 0 Å². The number of rotatable bonds is 7. The van der Waals surface area contributed by atoms with Gasteiger partial charge in [0.1, 0.15) is 18.4 Å². The zero-order chi connectivity index (χ0) is 13.4. The van der Waals surface area contributed by atoms with E-state index >= 15 is 0 Å². The van der Waals surface area contributed by atoms with Crippen molar-refractivity contribution in [2.75, 3.05) is 20.2 Å². The standard InChI is InChI=1S/C15H22N2O/c1-4-7-13(2)17(3)10-11-18-15-9-6-5-8-14(15)12-16/h5-6,8-9,13H,4,7,10-11H2,1-3H3. The average molecular weight is 246 g/mol. The summed E-state index contributed by atoms with van der Waals surface area (Å²) in [7, 11) is 2.11. The molecule has 3 nitrogen and oxygen atoms in total. The second-order valence-electron chi connectivity index (χ2n) is 4.57. The Labute approximate surface area is 110 Å². The van der Waals surface area contributed by atoms with Crippen LogP contribution in [0.3, 0.4) is 0 Å². The van der Waals surface area contributed by atoms with Crippen LogP contribution in [0.5, 0.6) is 5.75 Å². The molecule has 0 fully saturated rings. The lowest BCUT2D eigenvalue weighted by Crippen LogP contribution is -2.32. The summed E-state index contributed by atoms with van der Waals surface area (Å²) in [6.45, 7) is 5.92. The van der Waals surface area contributed by atoms with Gasteiger partial charge in [-0.15, -0.1) is 0 Å². The SMILES string of the molecule is CCCC(C)N(C)CCOc1ccccc1C#N. The van der Waals surface area contributed by atoms with E-state index < -0.39 is 0 Å². The maximum atomic E-state index is 8.94. The lowest BCUT2D eigenvalue weighted by molar-refractivity contribution is 0.192. The molecule has 98 valence electrons. The number of ether oxygens (including phenoxy) is 1. The molecule has 1 rings (SSSR count). The molecule has 0 radical (unpaired) electrons. The average Bonchev–Trinajstić information content (AvgIpc) is 2.39. The van der Waals surface area contributed by atoms with Crippen LogP contribution in [-0.4, -0.2) is 31.1 Å². The molecule has 3 heteroatoms. The molecule has 0 heterocycles. The van der Waals surface area contributed by atoms with Crippen LogP contribution in [0.15, 0.2) is 24.3 Å².